The number of hydrogen-bond acceptors (Lipinski definition) is 8. The minimum atomic E-state index is -1.18. The van der Waals surface area contributed by atoms with Gasteiger partial charge in [0.15, 0.2) is 17.7 Å². The number of ether oxygens (including phenoxy) is 1. The van der Waals surface area contributed by atoms with E-state index in [1.165, 1.54) is 48.0 Å². The van der Waals surface area contributed by atoms with Crippen LogP contribution in [0.2, 0.25) is 0 Å². The summed E-state index contributed by atoms with van der Waals surface area (Å²) in [5, 5.41) is 26.5. The molecule has 2 aromatic heterocycles. The number of likely N-dealkylation sites (tertiary alicyclic amines) is 1. The molecule has 2 N–H and O–H groups in total. The Labute approximate surface area is 226 Å². The van der Waals surface area contributed by atoms with Crippen molar-refractivity contribution in [1.29, 1.82) is 0 Å². The van der Waals surface area contributed by atoms with Gasteiger partial charge in [0.1, 0.15) is 24.4 Å². The van der Waals surface area contributed by atoms with Crippen molar-refractivity contribution in [2.45, 2.75) is 63.7 Å². The van der Waals surface area contributed by atoms with Gasteiger partial charge in [0.05, 0.1) is 11.5 Å². The Bertz CT molecular complexity index is 1420. The third-order valence-corrected chi connectivity index (χ3v) is 7.94. The largest absolute Gasteiger partial charge is 0.388 e. The second-order valence-electron chi connectivity index (χ2n) is 10.4. The van der Waals surface area contributed by atoms with E-state index in [1.807, 2.05) is 17.0 Å². The highest BCUT2D eigenvalue weighted by Gasteiger charge is 2.43. The molecular weight excluding hydrogens is 499 g/mol. The molecule has 2 aliphatic heterocycles. The fourth-order valence-electron chi connectivity index (χ4n) is 5.64. The third-order valence-electron chi connectivity index (χ3n) is 7.94. The van der Waals surface area contributed by atoms with Crippen LogP contribution in [0.3, 0.4) is 0 Å². The first-order valence-electron chi connectivity index (χ1n) is 13.5. The number of benzene rings is 2. The average Bonchev–Trinajstić information content (AvgIpc) is 3.47. The molecule has 4 heterocycles. The topological polar surface area (TPSA) is 99.8 Å². The van der Waals surface area contributed by atoms with Crippen molar-refractivity contribution >= 4 is 28.2 Å². The second-order valence-corrected chi connectivity index (χ2v) is 10.4. The van der Waals surface area contributed by atoms with Crippen molar-refractivity contribution in [2.24, 2.45) is 0 Å². The zero-order valence-electron chi connectivity index (χ0n) is 22.1. The summed E-state index contributed by atoms with van der Waals surface area (Å²) in [6.07, 6.45) is 3.08. The molecule has 0 spiro atoms. The van der Waals surface area contributed by atoms with Crippen molar-refractivity contribution in [3.8, 4) is 0 Å². The lowest BCUT2D eigenvalue weighted by molar-refractivity contribution is -0.0370. The van der Waals surface area contributed by atoms with Gasteiger partial charge in [0.25, 0.3) is 0 Å². The van der Waals surface area contributed by atoms with Crippen LogP contribution >= 0.6 is 0 Å². The molecule has 39 heavy (non-hydrogen) atoms. The SMILES string of the molecule is CC(c1ccc(N(c2ccc(F)cc2)c2nn([C@@H]3O[C@H](C)[C@@H](O)[C@H]3O)c3ncncc23)cc1)N1CCCCC1. The second kappa shape index (κ2) is 10.6. The standard InChI is InChI=1S/C29H33FN6O3/c1-18(34-14-4-3-5-15-34)20-6-10-22(11-7-20)35(23-12-8-21(30)9-13-23)28-24-16-31-17-32-27(24)36(33-28)29-26(38)25(37)19(2)39-29/h6-13,16-19,25-26,29,37-38H,3-5,14-15H2,1-2H3/t18?,19-,25-,26-,29-/m1/s1. The molecule has 0 aliphatic carbocycles. The maximum absolute atomic E-state index is 13.9. The first-order chi connectivity index (χ1) is 18.9. The van der Waals surface area contributed by atoms with Crippen LogP contribution in [0.15, 0.2) is 61.1 Å². The summed E-state index contributed by atoms with van der Waals surface area (Å²) in [5.41, 5.74) is 3.20. The highest BCUT2D eigenvalue weighted by molar-refractivity contribution is 5.93. The molecule has 2 fully saturated rings. The smallest absolute Gasteiger partial charge is 0.181 e. The van der Waals surface area contributed by atoms with Gasteiger partial charge < -0.3 is 14.9 Å². The number of aliphatic hydroxyl groups excluding tert-OH is 2. The van der Waals surface area contributed by atoms with E-state index in [0.717, 1.165) is 18.8 Å². The summed E-state index contributed by atoms with van der Waals surface area (Å²) in [6.45, 7) is 6.16. The molecule has 204 valence electrons. The molecule has 2 aromatic carbocycles. The molecule has 4 aromatic rings. The molecule has 9 nitrogen and oxygen atoms in total. The quantitative estimate of drug-likeness (QED) is 0.371. The van der Waals surface area contributed by atoms with E-state index >= 15 is 0 Å². The molecule has 0 saturated carbocycles. The van der Waals surface area contributed by atoms with E-state index in [1.54, 1.807) is 25.3 Å². The number of rotatable bonds is 6. The molecule has 6 rings (SSSR count). The van der Waals surface area contributed by atoms with Crippen LogP contribution in [0, 0.1) is 5.82 Å². The van der Waals surface area contributed by atoms with Crippen LogP contribution < -0.4 is 4.90 Å². The summed E-state index contributed by atoms with van der Waals surface area (Å²) in [7, 11) is 0. The number of piperidine rings is 1. The molecule has 0 bridgehead atoms. The number of hydrogen-bond donors (Lipinski definition) is 2. The Morgan fingerprint density at radius 2 is 1.64 bits per heavy atom. The molecule has 10 heteroatoms. The number of fused-ring (bicyclic) bond motifs is 1. The number of anilines is 3. The third kappa shape index (κ3) is 4.78. The zero-order valence-corrected chi connectivity index (χ0v) is 22.1. The van der Waals surface area contributed by atoms with E-state index in [2.05, 4.69) is 33.9 Å². The fourth-order valence-corrected chi connectivity index (χ4v) is 5.64. The van der Waals surface area contributed by atoms with Gasteiger partial charge in [-0.25, -0.2) is 19.0 Å². The monoisotopic (exact) mass is 532 g/mol. The van der Waals surface area contributed by atoms with Gasteiger partial charge in [0, 0.05) is 23.6 Å². The number of aliphatic hydroxyl groups is 2. The van der Waals surface area contributed by atoms with E-state index in [-0.39, 0.29) is 5.82 Å². The van der Waals surface area contributed by atoms with Crippen molar-refractivity contribution in [3.05, 3.63) is 72.4 Å². The lowest BCUT2D eigenvalue weighted by atomic mass is 10.0. The van der Waals surface area contributed by atoms with Gasteiger partial charge in [-0.2, -0.15) is 0 Å². The predicted molar refractivity (Wildman–Crippen MR) is 145 cm³/mol. The van der Waals surface area contributed by atoms with Crippen LogP contribution in [-0.4, -0.2) is 66.3 Å². The first-order valence-corrected chi connectivity index (χ1v) is 13.5. The molecule has 1 unspecified atom stereocenters. The molecule has 0 radical (unpaired) electrons. The van der Waals surface area contributed by atoms with Gasteiger partial charge in [0.2, 0.25) is 0 Å². The van der Waals surface area contributed by atoms with Gasteiger partial charge >= 0.3 is 0 Å². The highest BCUT2D eigenvalue weighted by atomic mass is 19.1. The highest BCUT2D eigenvalue weighted by Crippen LogP contribution is 2.40. The first kappa shape index (κ1) is 25.8. The zero-order chi connectivity index (χ0) is 27.1. The van der Waals surface area contributed by atoms with Gasteiger partial charge in [-0.15, -0.1) is 5.10 Å². The van der Waals surface area contributed by atoms with Gasteiger partial charge in [-0.1, -0.05) is 18.6 Å². The van der Waals surface area contributed by atoms with Crippen LogP contribution in [0.5, 0.6) is 0 Å². The molecular formula is C29H33FN6O3. The Kier molecular flexibility index (Phi) is 7.03. The fraction of sp³-hybridized carbons (Fsp3) is 0.414. The summed E-state index contributed by atoms with van der Waals surface area (Å²) >= 11 is 0. The normalized spacial score (nSPS) is 24.7. The minimum Gasteiger partial charge on any atom is -0.388 e. The van der Waals surface area contributed by atoms with Crippen LogP contribution in [0.25, 0.3) is 11.0 Å². The van der Waals surface area contributed by atoms with E-state index < -0.39 is 24.5 Å². The van der Waals surface area contributed by atoms with Gasteiger partial charge in [-0.3, -0.25) is 9.80 Å². The number of halogens is 1. The maximum atomic E-state index is 13.9. The maximum Gasteiger partial charge on any atom is 0.181 e. The van der Waals surface area contributed by atoms with Crippen LogP contribution in [0.1, 0.15) is 50.9 Å². The average molecular weight is 533 g/mol. The van der Waals surface area contributed by atoms with E-state index in [0.29, 0.717) is 28.6 Å². The predicted octanol–water partition coefficient (Wildman–Crippen LogP) is 4.62. The number of nitrogens with zero attached hydrogens (tertiary/aromatic N) is 6. The molecule has 5 atom stereocenters. The summed E-state index contributed by atoms with van der Waals surface area (Å²) < 4.78 is 21.3. The summed E-state index contributed by atoms with van der Waals surface area (Å²) in [6, 6.07) is 14.9. The molecule has 2 saturated heterocycles. The van der Waals surface area contributed by atoms with Crippen LogP contribution in [0.4, 0.5) is 21.6 Å². The summed E-state index contributed by atoms with van der Waals surface area (Å²) in [5.74, 6) is 0.160. The van der Waals surface area contributed by atoms with Crippen molar-refractivity contribution < 1.29 is 19.3 Å². The molecule has 0 amide bonds. The van der Waals surface area contributed by atoms with Crippen molar-refractivity contribution in [3.63, 3.8) is 0 Å². The van der Waals surface area contributed by atoms with Crippen molar-refractivity contribution in [2.75, 3.05) is 18.0 Å². The van der Waals surface area contributed by atoms with Gasteiger partial charge in [-0.05, 0) is 81.7 Å². The Morgan fingerprint density at radius 3 is 2.28 bits per heavy atom. The summed E-state index contributed by atoms with van der Waals surface area (Å²) in [4.78, 5) is 13.1. The Balaban J connectivity index is 1.44. The van der Waals surface area contributed by atoms with Crippen molar-refractivity contribution in [1.82, 2.24) is 24.6 Å². The van der Waals surface area contributed by atoms with Crippen LogP contribution in [-0.2, 0) is 4.74 Å². The molecule has 2 aliphatic rings. The lowest BCUT2D eigenvalue weighted by Crippen LogP contribution is -2.32. The Hall–Kier alpha value is -3.44. The Morgan fingerprint density at radius 1 is 0.974 bits per heavy atom. The minimum absolute atomic E-state index is 0.307. The number of aromatic nitrogens is 4. The lowest BCUT2D eigenvalue weighted by Gasteiger charge is -2.33. The van der Waals surface area contributed by atoms with E-state index in [4.69, 9.17) is 9.84 Å². The van der Waals surface area contributed by atoms with E-state index in [9.17, 15) is 14.6 Å².